The van der Waals surface area contributed by atoms with E-state index in [0.29, 0.717) is 23.8 Å². The van der Waals surface area contributed by atoms with Crippen LogP contribution in [0.2, 0.25) is 0 Å². The molecule has 2 aliphatic rings. The van der Waals surface area contributed by atoms with Crippen LogP contribution < -0.4 is 21.1 Å². The Hall–Kier alpha value is -3.68. The van der Waals surface area contributed by atoms with Crippen molar-refractivity contribution in [1.29, 1.82) is 0 Å². The molecule has 2 aromatic heterocycles. The molecule has 3 heterocycles. The molecule has 0 spiro atoms. The molecular formula is C23H24N6O2. The van der Waals surface area contributed by atoms with Crippen molar-refractivity contribution in [2.45, 2.75) is 25.3 Å². The number of carbonyl (C=O) groups excluding carboxylic acids is 1. The van der Waals surface area contributed by atoms with Crippen LogP contribution in [0.4, 0.5) is 11.8 Å². The molecule has 1 aliphatic heterocycles. The number of fused-ring (bicyclic) bond motifs is 1. The average Bonchev–Trinajstić information content (AvgIpc) is 3.17. The minimum absolute atomic E-state index is 0.0357. The Labute approximate surface area is 180 Å². The fourth-order valence-electron chi connectivity index (χ4n) is 4.09. The first-order valence-corrected chi connectivity index (χ1v) is 10.4. The highest BCUT2D eigenvalue weighted by Crippen LogP contribution is 2.44. The Bertz CT molecular complexity index is 1140. The number of benzene rings is 1. The fraction of sp³-hybridized carbons (Fsp3) is 0.304. The van der Waals surface area contributed by atoms with Gasteiger partial charge in [-0.2, -0.15) is 0 Å². The summed E-state index contributed by atoms with van der Waals surface area (Å²) in [5, 5.41) is 6.64. The second kappa shape index (κ2) is 7.54. The number of amides is 1. The van der Waals surface area contributed by atoms with Crippen LogP contribution >= 0.6 is 0 Å². The van der Waals surface area contributed by atoms with Crippen LogP contribution in [0.3, 0.4) is 0 Å². The summed E-state index contributed by atoms with van der Waals surface area (Å²) < 4.78 is 5.89. The number of nitrogens with two attached hydrogens (primary N) is 1. The Balaban J connectivity index is 1.27. The molecule has 0 saturated heterocycles. The number of ether oxygens (including phenoxy) is 1. The molecule has 0 radical (unpaired) electrons. The SMILES string of the molecule is CC1(NC(=O)c2ccccc2)CC1CNc1ncc(-c2ccnc(N)n2)c2c1CCO2. The maximum atomic E-state index is 12.5. The van der Waals surface area contributed by atoms with Gasteiger partial charge in [-0.3, -0.25) is 4.79 Å². The molecule has 1 aliphatic carbocycles. The Morgan fingerprint density at radius 1 is 1.26 bits per heavy atom. The van der Waals surface area contributed by atoms with Crippen LogP contribution in [-0.2, 0) is 6.42 Å². The van der Waals surface area contributed by atoms with E-state index >= 15 is 0 Å². The largest absolute Gasteiger partial charge is 0.492 e. The molecule has 5 rings (SSSR count). The standard InChI is InChI=1S/C23H24N6O2/c1-23(29-21(30)14-5-3-2-4-6-14)11-15(23)12-26-20-16-8-10-31-19(16)17(13-27-20)18-7-9-25-22(24)28-18/h2-7,9,13,15H,8,10-12H2,1H3,(H,26,27)(H,29,30)(H2,24,25,28). The first-order chi connectivity index (χ1) is 15.0. The molecule has 8 nitrogen and oxygen atoms in total. The topological polar surface area (TPSA) is 115 Å². The maximum absolute atomic E-state index is 12.5. The van der Waals surface area contributed by atoms with Crippen LogP contribution in [0.1, 0.15) is 29.3 Å². The van der Waals surface area contributed by atoms with E-state index in [1.165, 1.54) is 0 Å². The van der Waals surface area contributed by atoms with Crippen molar-refractivity contribution in [2.24, 2.45) is 5.92 Å². The average molecular weight is 416 g/mol. The van der Waals surface area contributed by atoms with Crippen LogP contribution in [0.15, 0.2) is 48.8 Å². The predicted octanol–water partition coefficient (Wildman–Crippen LogP) is 2.68. The summed E-state index contributed by atoms with van der Waals surface area (Å²) in [4.78, 5) is 25.4. The van der Waals surface area contributed by atoms with E-state index in [-0.39, 0.29) is 17.4 Å². The van der Waals surface area contributed by atoms with Crippen LogP contribution in [0.25, 0.3) is 11.3 Å². The summed E-state index contributed by atoms with van der Waals surface area (Å²) in [5.41, 5.74) is 8.76. The number of carbonyl (C=O) groups is 1. The summed E-state index contributed by atoms with van der Waals surface area (Å²) in [5.74, 6) is 2.14. The number of hydrogen-bond acceptors (Lipinski definition) is 7. The van der Waals surface area contributed by atoms with Gasteiger partial charge in [0.2, 0.25) is 5.95 Å². The third kappa shape index (κ3) is 3.76. The van der Waals surface area contributed by atoms with E-state index < -0.39 is 0 Å². The zero-order chi connectivity index (χ0) is 21.4. The van der Waals surface area contributed by atoms with Gasteiger partial charge in [0.1, 0.15) is 11.6 Å². The quantitative estimate of drug-likeness (QED) is 0.566. The Morgan fingerprint density at radius 2 is 2.10 bits per heavy atom. The van der Waals surface area contributed by atoms with Gasteiger partial charge in [0.25, 0.3) is 5.91 Å². The van der Waals surface area contributed by atoms with Gasteiger partial charge in [0.05, 0.1) is 17.9 Å². The number of nitrogens with zero attached hydrogens (tertiary/aromatic N) is 3. The van der Waals surface area contributed by atoms with E-state index in [9.17, 15) is 4.79 Å². The lowest BCUT2D eigenvalue weighted by atomic mass is 10.1. The molecule has 3 aromatic rings. The molecule has 2 unspecified atom stereocenters. The summed E-state index contributed by atoms with van der Waals surface area (Å²) in [6.07, 6.45) is 5.10. The number of nitrogen functional groups attached to an aromatic ring is 1. The lowest BCUT2D eigenvalue weighted by molar-refractivity contribution is 0.0932. The van der Waals surface area contributed by atoms with Crippen molar-refractivity contribution in [3.63, 3.8) is 0 Å². The maximum Gasteiger partial charge on any atom is 0.251 e. The van der Waals surface area contributed by atoms with E-state index in [1.54, 1.807) is 18.5 Å². The van der Waals surface area contributed by atoms with Gasteiger partial charge in [-0.25, -0.2) is 15.0 Å². The smallest absolute Gasteiger partial charge is 0.251 e. The molecule has 158 valence electrons. The molecule has 4 N–H and O–H groups in total. The fourth-order valence-corrected chi connectivity index (χ4v) is 4.09. The number of aromatic nitrogens is 3. The Morgan fingerprint density at radius 3 is 2.90 bits per heavy atom. The molecular weight excluding hydrogens is 392 g/mol. The molecule has 1 saturated carbocycles. The van der Waals surface area contributed by atoms with Crippen LogP contribution in [-0.4, -0.2) is 39.5 Å². The lowest BCUT2D eigenvalue weighted by Crippen LogP contribution is -2.37. The normalized spacial score (nSPS) is 21.1. The van der Waals surface area contributed by atoms with Crippen molar-refractivity contribution >= 4 is 17.7 Å². The van der Waals surface area contributed by atoms with Gasteiger partial charge < -0.3 is 21.1 Å². The highest BCUT2D eigenvalue weighted by Gasteiger charge is 2.51. The second-order valence-electron chi connectivity index (χ2n) is 8.25. The highest BCUT2D eigenvalue weighted by atomic mass is 16.5. The van der Waals surface area contributed by atoms with Crippen molar-refractivity contribution < 1.29 is 9.53 Å². The molecule has 31 heavy (non-hydrogen) atoms. The van der Waals surface area contributed by atoms with Crippen molar-refractivity contribution in [2.75, 3.05) is 24.2 Å². The van der Waals surface area contributed by atoms with Crippen molar-refractivity contribution in [1.82, 2.24) is 20.3 Å². The van der Waals surface area contributed by atoms with Crippen LogP contribution in [0.5, 0.6) is 5.75 Å². The Kier molecular flexibility index (Phi) is 4.69. The summed E-state index contributed by atoms with van der Waals surface area (Å²) in [6.45, 7) is 3.42. The molecule has 1 amide bonds. The first kappa shape index (κ1) is 19.3. The van der Waals surface area contributed by atoms with Gasteiger partial charge >= 0.3 is 0 Å². The lowest BCUT2D eigenvalue weighted by Gasteiger charge is -2.16. The van der Waals surface area contributed by atoms with Gasteiger partial charge in [0.15, 0.2) is 0 Å². The van der Waals surface area contributed by atoms with Gasteiger partial charge in [-0.15, -0.1) is 0 Å². The van der Waals surface area contributed by atoms with Crippen molar-refractivity contribution in [3.05, 3.63) is 59.9 Å². The molecule has 8 heteroatoms. The van der Waals surface area contributed by atoms with Gasteiger partial charge in [-0.1, -0.05) is 18.2 Å². The summed E-state index contributed by atoms with van der Waals surface area (Å²) in [7, 11) is 0. The summed E-state index contributed by atoms with van der Waals surface area (Å²) >= 11 is 0. The van der Waals surface area contributed by atoms with Gasteiger partial charge in [-0.05, 0) is 31.5 Å². The van der Waals surface area contributed by atoms with E-state index in [0.717, 1.165) is 42.1 Å². The number of pyridine rings is 1. The zero-order valence-corrected chi connectivity index (χ0v) is 17.3. The number of nitrogens with one attached hydrogen (secondary N) is 2. The number of anilines is 2. The molecule has 1 fully saturated rings. The van der Waals surface area contributed by atoms with E-state index in [4.69, 9.17) is 10.5 Å². The third-order valence-electron chi connectivity index (χ3n) is 6.04. The summed E-state index contributed by atoms with van der Waals surface area (Å²) in [6, 6.07) is 11.1. The minimum atomic E-state index is -0.210. The van der Waals surface area contributed by atoms with Crippen LogP contribution in [0, 0.1) is 5.92 Å². The third-order valence-corrected chi connectivity index (χ3v) is 6.04. The number of rotatable bonds is 6. The van der Waals surface area contributed by atoms with Crippen molar-refractivity contribution in [3.8, 4) is 17.0 Å². The predicted molar refractivity (Wildman–Crippen MR) is 118 cm³/mol. The first-order valence-electron chi connectivity index (χ1n) is 10.4. The molecule has 2 atom stereocenters. The minimum Gasteiger partial charge on any atom is -0.492 e. The second-order valence-corrected chi connectivity index (χ2v) is 8.25. The van der Waals surface area contributed by atoms with E-state index in [2.05, 4.69) is 32.5 Å². The van der Waals surface area contributed by atoms with E-state index in [1.807, 2.05) is 30.3 Å². The monoisotopic (exact) mass is 416 g/mol. The highest BCUT2D eigenvalue weighted by molar-refractivity contribution is 5.94. The van der Waals surface area contributed by atoms with Gasteiger partial charge in [0, 0.05) is 47.9 Å². The molecule has 0 bridgehead atoms. The number of hydrogen-bond donors (Lipinski definition) is 3. The zero-order valence-electron chi connectivity index (χ0n) is 17.3. The molecule has 1 aromatic carbocycles.